The Hall–Kier alpha value is -3.24. The van der Waals surface area contributed by atoms with E-state index < -0.39 is 0 Å². The predicted molar refractivity (Wildman–Crippen MR) is 131 cm³/mol. The van der Waals surface area contributed by atoms with Crippen LogP contribution in [0.4, 0.5) is 16.2 Å². The molecule has 2 aromatic carbocycles. The topological polar surface area (TPSA) is 71.8 Å². The molecule has 2 heterocycles. The maximum absolute atomic E-state index is 12.5. The van der Waals surface area contributed by atoms with Gasteiger partial charge in [0.25, 0.3) is 0 Å². The number of hydrogen-bond acceptors (Lipinski definition) is 5. The molecule has 2 aliphatic heterocycles. The summed E-state index contributed by atoms with van der Waals surface area (Å²) in [6, 6.07) is 17.2. The molecule has 0 atom stereocenters. The molecule has 7 heteroatoms. The first kappa shape index (κ1) is 22.9. The summed E-state index contributed by atoms with van der Waals surface area (Å²) in [7, 11) is 0. The number of nitriles is 1. The van der Waals surface area contributed by atoms with Crippen LogP contribution in [0.25, 0.3) is 0 Å². The lowest BCUT2D eigenvalue weighted by molar-refractivity contribution is 0.205. The lowest BCUT2D eigenvalue weighted by Gasteiger charge is -2.36. The Morgan fingerprint density at radius 3 is 2.27 bits per heavy atom. The molecule has 0 bridgehead atoms. The molecule has 33 heavy (non-hydrogen) atoms. The van der Waals surface area contributed by atoms with E-state index in [1.165, 1.54) is 32.4 Å². The van der Waals surface area contributed by atoms with Gasteiger partial charge in [0.1, 0.15) is 5.75 Å². The Labute approximate surface area is 196 Å². The maximum Gasteiger partial charge on any atom is 0.321 e. The van der Waals surface area contributed by atoms with Crippen molar-refractivity contribution < 1.29 is 9.53 Å². The van der Waals surface area contributed by atoms with Crippen LogP contribution in [0.1, 0.15) is 31.2 Å². The molecule has 0 unspecified atom stereocenters. The number of anilines is 2. The zero-order valence-electron chi connectivity index (χ0n) is 19.2. The zero-order chi connectivity index (χ0) is 22.9. The van der Waals surface area contributed by atoms with Crippen LogP contribution in [0.2, 0.25) is 0 Å². The van der Waals surface area contributed by atoms with Crippen molar-refractivity contribution in [2.45, 2.75) is 25.7 Å². The molecule has 4 rings (SSSR count). The first-order valence-electron chi connectivity index (χ1n) is 12.0. The van der Waals surface area contributed by atoms with E-state index in [2.05, 4.69) is 33.3 Å². The number of nitrogens with zero attached hydrogens (tertiary/aromatic N) is 4. The fourth-order valence-corrected chi connectivity index (χ4v) is 4.41. The molecular formula is C26H33N5O2. The number of carbonyl (C=O) groups excluding carboxylic acids is 1. The highest BCUT2D eigenvalue weighted by Gasteiger charge is 2.21. The number of amides is 2. The average molecular weight is 448 g/mol. The van der Waals surface area contributed by atoms with Crippen LogP contribution in [0.3, 0.4) is 0 Å². The Bertz CT molecular complexity index is 925. The van der Waals surface area contributed by atoms with Crippen molar-refractivity contribution >= 4 is 17.4 Å². The van der Waals surface area contributed by atoms with E-state index >= 15 is 0 Å². The van der Waals surface area contributed by atoms with E-state index in [9.17, 15) is 4.79 Å². The number of carbonyl (C=O) groups is 1. The van der Waals surface area contributed by atoms with Crippen molar-refractivity contribution in [1.82, 2.24) is 9.80 Å². The number of likely N-dealkylation sites (tertiary alicyclic amines) is 1. The van der Waals surface area contributed by atoms with Gasteiger partial charge in [-0.2, -0.15) is 5.26 Å². The number of piperazine rings is 1. The van der Waals surface area contributed by atoms with Gasteiger partial charge in [0, 0.05) is 44.1 Å². The molecule has 7 nitrogen and oxygen atoms in total. The SMILES string of the molecule is N#Cc1ccc(NC(=O)N2CCN(c3ccc(OCCCN4CCCCC4)cc3)CC2)cc1. The number of ether oxygens (including phenoxy) is 1. The van der Waals surface area contributed by atoms with E-state index in [0.29, 0.717) is 24.3 Å². The number of piperidine rings is 1. The fourth-order valence-electron chi connectivity index (χ4n) is 4.41. The van der Waals surface area contributed by atoms with Gasteiger partial charge >= 0.3 is 6.03 Å². The Kier molecular flexibility index (Phi) is 8.04. The summed E-state index contributed by atoms with van der Waals surface area (Å²) < 4.78 is 5.93. The molecule has 1 N–H and O–H groups in total. The smallest absolute Gasteiger partial charge is 0.321 e. The van der Waals surface area contributed by atoms with E-state index in [0.717, 1.165) is 44.1 Å². The normalized spacial score (nSPS) is 16.8. The monoisotopic (exact) mass is 447 g/mol. The third-order valence-electron chi connectivity index (χ3n) is 6.37. The van der Waals surface area contributed by atoms with Crippen molar-refractivity contribution in [3.05, 3.63) is 54.1 Å². The minimum atomic E-state index is -0.104. The molecule has 2 amide bonds. The number of nitrogens with one attached hydrogen (secondary N) is 1. The summed E-state index contributed by atoms with van der Waals surface area (Å²) in [6.07, 6.45) is 5.10. The first-order chi connectivity index (χ1) is 16.2. The minimum Gasteiger partial charge on any atom is -0.494 e. The molecule has 0 radical (unpaired) electrons. The van der Waals surface area contributed by atoms with Crippen molar-refractivity contribution in [1.29, 1.82) is 5.26 Å². The predicted octanol–water partition coefficient (Wildman–Crippen LogP) is 4.17. The molecule has 2 aliphatic rings. The van der Waals surface area contributed by atoms with Gasteiger partial charge < -0.3 is 24.8 Å². The number of hydrogen-bond donors (Lipinski definition) is 1. The van der Waals surface area contributed by atoms with E-state index in [1.54, 1.807) is 24.3 Å². The Morgan fingerprint density at radius 1 is 0.909 bits per heavy atom. The first-order valence-corrected chi connectivity index (χ1v) is 12.0. The highest BCUT2D eigenvalue weighted by molar-refractivity contribution is 5.89. The van der Waals surface area contributed by atoms with Gasteiger partial charge in [0.05, 0.1) is 18.2 Å². The van der Waals surface area contributed by atoms with Crippen LogP contribution < -0.4 is 15.0 Å². The second-order valence-corrected chi connectivity index (χ2v) is 8.69. The van der Waals surface area contributed by atoms with Gasteiger partial charge in [-0.3, -0.25) is 0 Å². The van der Waals surface area contributed by atoms with E-state index in [4.69, 9.17) is 10.00 Å². The summed E-state index contributed by atoms with van der Waals surface area (Å²) in [5.74, 6) is 0.915. The minimum absolute atomic E-state index is 0.104. The van der Waals surface area contributed by atoms with Gasteiger partial charge in [-0.05, 0) is 80.9 Å². The summed E-state index contributed by atoms with van der Waals surface area (Å²) in [5, 5.41) is 11.8. The van der Waals surface area contributed by atoms with Crippen LogP contribution in [0.15, 0.2) is 48.5 Å². The lowest BCUT2D eigenvalue weighted by Crippen LogP contribution is -2.50. The second-order valence-electron chi connectivity index (χ2n) is 8.69. The van der Waals surface area contributed by atoms with Crippen LogP contribution in [0, 0.1) is 11.3 Å². The molecule has 174 valence electrons. The van der Waals surface area contributed by atoms with Gasteiger partial charge in [0.15, 0.2) is 0 Å². The van der Waals surface area contributed by atoms with Gasteiger partial charge in [-0.15, -0.1) is 0 Å². The van der Waals surface area contributed by atoms with Crippen molar-refractivity contribution in [2.75, 3.05) is 62.6 Å². The summed E-state index contributed by atoms with van der Waals surface area (Å²) in [6.45, 7) is 7.25. The van der Waals surface area contributed by atoms with Crippen LogP contribution in [-0.2, 0) is 0 Å². The second kappa shape index (κ2) is 11.6. The zero-order valence-corrected chi connectivity index (χ0v) is 19.2. The quantitative estimate of drug-likeness (QED) is 0.645. The largest absolute Gasteiger partial charge is 0.494 e. The van der Waals surface area contributed by atoms with Crippen molar-refractivity contribution in [3.63, 3.8) is 0 Å². The third kappa shape index (κ3) is 6.62. The van der Waals surface area contributed by atoms with Gasteiger partial charge in [-0.1, -0.05) is 6.42 Å². The van der Waals surface area contributed by atoms with Crippen LogP contribution in [-0.4, -0.2) is 68.3 Å². The summed E-state index contributed by atoms with van der Waals surface area (Å²) in [4.78, 5) is 19.2. The lowest BCUT2D eigenvalue weighted by atomic mass is 10.1. The van der Waals surface area contributed by atoms with Crippen molar-refractivity contribution in [3.8, 4) is 11.8 Å². The van der Waals surface area contributed by atoms with Gasteiger partial charge in [0.2, 0.25) is 0 Å². The molecular weight excluding hydrogens is 414 g/mol. The molecule has 0 aliphatic carbocycles. The van der Waals surface area contributed by atoms with Crippen molar-refractivity contribution in [2.24, 2.45) is 0 Å². The standard InChI is InChI=1S/C26H33N5O2/c27-21-22-5-7-23(8-6-22)28-26(32)31-18-16-30(17-19-31)24-9-11-25(12-10-24)33-20-4-15-29-13-2-1-3-14-29/h5-12H,1-4,13-20H2,(H,28,32). The summed E-state index contributed by atoms with van der Waals surface area (Å²) >= 11 is 0. The number of rotatable bonds is 7. The maximum atomic E-state index is 12.5. The highest BCUT2D eigenvalue weighted by atomic mass is 16.5. The molecule has 2 fully saturated rings. The number of urea groups is 1. The molecule has 0 saturated carbocycles. The molecule has 2 aromatic rings. The van der Waals surface area contributed by atoms with Gasteiger partial charge in [-0.25, -0.2) is 4.79 Å². The van der Waals surface area contributed by atoms with Crippen LogP contribution in [0.5, 0.6) is 5.75 Å². The summed E-state index contributed by atoms with van der Waals surface area (Å²) in [5.41, 5.74) is 2.44. The Balaban J connectivity index is 1.17. The molecule has 2 saturated heterocycles. The fraction of sp³-hybridized carbons (Fsp3) is 0.462. The molecule has 0 aromatic heterocycles. The third-order valence-corrected chi connectivity index (χ3v) is 6.37. The Morgan fingerprint density at radius 2 is 1.61 bits per heavy atom. The highest BCUT2D eigenvalue weighted by Crippen LogP contribution is 2.21. The number of benzene rings is 2. The average Bonchev–Trinajstić information content (AvgIpc) is 2.88. The van der Waals surface area contributed by atoms with E-state index in [-0.39, 0.29) is 6.03 Å². The molecule has 0 spiro atoms. The van der Waals surface area contributed by atoms with E-state index in [1.807, 2.05) is 17.0 Å². The van der Waals surface area contributed by atoms with Crippen LogP contribution >= 0.6 is 0 Å².